The van der Waals surface area contributed by atoms with Gasteiger partial charge in [-0.25, -0.2) is 0 Å². The summed E-state index contributed by atoms with van der Waals surface area (Å²) >= 11 is 5.98. The molecule has 0 radical (unpaired) electrons. The van der Waals surface area contributed by atoms with E-state index in [1.165, 1.54) is 12.0 Å². The van der Waals surface area contributed by atoms with Crippen molar-refractivity contribution in [1.29, 1.82) is 0 Å². The highest BCUT2D eigenvalue weighted by atomic mass is 35.5. The Morgan fingerprint density at radius 1 is 1.35 bits per heavy atom. The summed E-state index contributed by atoms with van der Waals surface area (Å²) in [4.78, 5) is 14.0. The lowest BCUT2D eigenvalue weighted by Gasteiger charge is -2.43. The van der Waals surface area contributed by atoms with E-state index >= 15 is 0 Å². The fourth-order valence-corrected chi connectivity index (χ4v) is 4.35. The van der Waals surface area contributed by atoms with E-state index in [0.717, 1.165) is 5.56 Å². The summed E-state index contributed by atoms with van der Waals surface area (Å²) in [6.45, 7) is -5.94. The summed E-state index contributed by atoms with van der Waals surface area (Å²) in [6, 6.07) is 6.00. The average Bonchev–Trinajstić information content (AvgIpc) is 2.94. The van der Waals surface area contributed by atoms with Crippen LogP contribution in [-0.2, 0) is 23.8 Å². The van der Waals surface area contributed by atoms with Gasteiger partial charge in [0, 0.05) is 32.3 Å². The van der Waals surface area contributed by atoms with E-state index in [0.29, 0.717) is 30.5 Å². The van der Waals surface area contributed by atoms with Gasteiger partial charge in [0.2, 0.25) is 0 Å². The second kappa shape index (κ2) is 7.84. The first-order valence-electron chi connectivity index (χ1n) is 10.3. The molecule has 0 aliphatic carbocycles. The highest BCUT2D eigenvalue weighted by molar-refractivity contribution is 7.85. The monoisotopic (exact) mass is 405 g/mol. The molecule has 4 atom stereocenters. The Balaban J connectivity index is 2.00. The van der Waals surface area contributed by atoms with Gasteiger partial charge in [-0.1, -0.05) is 23.7 Å². The largest absolute Gasteiger partial charge is 0.469 e. The molecule has 3 rings (SSSR count). The highest BCUT2D eigenvalue weighted by Crippen LogP contribution is 2.47. The average molecular weight is 406 g/mol. The van der Waals surface area contributed by atoms with Gasteiger partial charge in [-0.2, -0.15) is 8.42 Å². The molecule has 2 heterocycles. The molecule has 2 bridgehead atoms. The Labute approximate surface area is 165 Å². The second-order valence-electron chi connectivity index (χ2n) is 6.65. The lowest BCUT2D eigenvalue weighted by Crippen LogP contribution is -2.51. The summed E-state index contributed by atoms with van der Waals surface area (Å²) < 4.78 is 65.4. The van der Waals surface area contributed by atoms with E-state index in [-0.39, 0.29) is 5.92 Å². The van der Waals surface area contributed by atoms with Crippen molar-refractivity contribution >= 4 is 27.7 Å². The zero-order valence-electron chi connectivity index (χ0n) is 18.5. The Hall–Kier alpha value is -1.15. The summed E-state index contributed by atoms with van der Waals surface area (Å²) in [5.41, 5.74) is 0.863. The number of halogens is 1. The van der Waals surface area contributed by atoms with Gasteiger partial charge in [-0.05, 0) is 37.0 Å². The van der Waals surface area contributed by atoms with Crippen molar-refractivity contribution in [2.75, 3.05) is 26.4 Å². The van der Waals surface area contributed by atoms with E-state index in [4.69, 9.17) is 21.8 Å². The Bertz CT molecular complexity index is 912. The molecule has 0 unspecified atom stereocenters. The number of methoxy groups -OCH3 is 1. The van der Waals surface area contributed by atoms with Gasteiger partial charge in [-0.3, -0.25) is 13.9 Å². The van der Waals surface area contributed by atoms with Crippen LogP contribution in [0.3, 0.4) is 0 Å². The Morgan fingerprint density at radius 3 is 2.65 bits per heavy atom. The lowest BCUT2D eigenvalue weighted by atomic mass is 9.76. The molecule has 2 aliphatic heterocycles. The first kappa shape index (κ1) is 14.9. The maximum absolute atomic E-state index is 12.7. The predicted molar refractivity (Wildman–Crippen MR) is 98.6 cm³/mol. The van der Waals surface area contributed by atoms with Crippen molar-refractivity contribution in [3.05, 3.63) is 34.9 Å². The van der Waals surface area contributed by atoms with Crippen molar-refractivity contribution in [3.63, 3.8) is 0 Å². The van der Waals surface area contributed by atoms with Crippen molar-refractivity contribution in [3.8, 4) is 0 Å². The van der Waals surface area contributed by atoms with E-state index in [2.05, 4.69) is 4.18 Å². The molecule has 1 aromatic rings. The van der Waals surface area contributed by atoms with Crippen LogP contribution in [0.1, 0.15) is 36.2 Å². The zero-order valence-corrected chi connectivity index (χ0v) is 16.1. The topological polar surface area (TPSA) is 72.9 Å². The molecule has 2 fully saturated rings. The van der Waals surface area contributed by atoms with Crippen LogP contribution in [-0.4, -0.2) is 57.8 Å². The second-order valence-corrected chi connectivity index (χ2v) is 8.66. The summed E-state index contributed by atoms with van der Waals surface area (Å²) in [7, 11) is -3.00. The number of esters is 1. The number of hydrogen-bond acceptors (Lipinski definition) is 6. The third kappa shape index (κ3) is 4.22. The van der Waals surface area contributed by atoms with Crippen molar-refractivity contribution in [2.24, 2.45) is 5.92 Å². The van der Waals surface area contributed by atoms with Gasteiger partial charge in [0.15, 0.2) is 0 Å². The molecule has 26 heavy (non-hydrogen) atoms. The normalized spacial score (nSPS) is 32.3. The molecule has 6 nitrogen and oxygen atoms in total. The smallest absolute Gasteiger partial charge is 0.310 e. The molecule has 2 saturated heterocycles. The first-order valence-corrected chi connectivity index (χ1v) is 10.5. The van der Waals surface area contributed by atoms with Crippen LogP contribution in [0.15, 0.2) is 24.3 Å². The number of ether oxygens (including phenoxy) is 1. The number of piperidine rings is 1. The standard InChI is InChI=1S/C18H24ClNO5S/c1-24-18(21)17-15(12-3-5-13(19)6-4-12)11-14-7-8-16(17)20(14)9-10-25-26(2,22)23/h3-6,14-17H,7-11H2,1-2H3/t14-,15+,16+,17-/m0/s1/i9D2,10D2. The summed E-state index contributed by atoms with van der Waals surface area (Å²) in [6.07, 6.45) is 2.03. The number of nitrogens with zero attached hydrogens (tertiary/aromatic N) is 1. The Kier molecular flexibility index (Phi) is 4.48. The van der Waals surface area contributed by atoms with Gasteiger partial charge in [0.25, 0.3) is 10.1 Å². The number of fused-ring (bicyclic) bond motifs is 2. The fraction of sp³-hybridized carbons (Fsp3) is 0.611. The number of benzene rings is 1. The fourth-order valence-electron chi connectivity index (χ4n) is 4.04. The van der Waals surface area contributed by atoms with Gasteiger partial charge in [-0.15, -0.1) is 0 Å². The van der Waals surface area contributed by atoms with Crippen LogP contribution in [0.25, 0.3) is 0 Å². The van der Waals surface area contributed by atoms with E-state index in [9.17, 15) is 13.2 Å². The molecule has 0 N–H and O–H groups in total. The molecule has 0 saturated carbocycles. The van der Waals surface area contributed by atoms with Crippen LogP contribution >= 0.6 is 11.6 Å². The van der Waals surface area contributed by atoms with E-state index < -0.39 is 47.1 Å². The number of carbonyl (C=O) groups excluding carboxylic acids is 1. The molecule has 1 aromatic carbocycles. The van der Waals surface area contributed by atoms with Crippen LogP contribution in [0.2, 0.25) is 5.02 Å². The van der Waals surface area contributed by atoms with E-state index in [1.54, 1.807) is 12.1 Å². The maximum atomic E-state index is 12.7. The SMILES string of the molecule is [2H]C([2H])(OS(C)(=O)=O)C([2H])([2H])N1[C@H]2CC[C@@H]1[C@@H](C(=O)OC)[C@@H](c1ccc(Cl)cc1)C2. The van der Waals surface area contributed by atoms with Crippen LogP contribution in [0.4, 0.5) is 0 Å². The summed E-state index contributed by atoms with van der Waals surface area (Å²) in [5.74, 6) is -1.54. The van der Waals surface area contributed by atoms with Crippen LogP contribution in [0, 0.1) is 5.92 Å². The minimum Gasteiger partial charge on any atom is -0.469 e. The van der Waals surface area contributed by atoms with Crippen LogP contribution in [0.5, 0.6) is 0 Å². The number of hydrogen-bond donors (Lipinski definition) is 0. The maximum Gasteiger partial charge on any atom is 0.310 e. The Morgan fingerprint density at radius 2 is 2.04 bits per heavy atom. The number of carbonyl (C=O) groups is 1. The molecular weight excluding hydrogens is 378 g/mol. The zero-order chi connectivity index (χ0) is 22.5. The molecule has 144 valence electrons. The van der Waals surface area contributed by atoms with Crippen molar-refractivity contribution in [2.45, 2.75) is 37.3 Å². The molecule has 0 aromatic heterocycles. The molecule has 2 aliphatic rings. The predicted octanol–water partition coefficient (Wildman–Crippen LogP) is 2.43. The van der Waals surface area contributed by atoms with Crippen LogP contribution < -0.4 is 0 Å². The summed E-state index contributed by atoms with van der Waals surface area (Å²) in [5, 5.41) is 0.552. The van der Waals surface area contributed by atoms with E-state index in [1.807, 2.05) is 12.1 Å². The van der Waals surface area contributed by atoms with Gasteiger partial charge < -0.3 is 4.74 Å². The lowest BCUT2D eigenvalue weighted by molar-refractivity contribution is -0.150. The first-order chi connectivity index (χ1) is 13.8. The number of rotatable bonds is 6. The van der Waals surface area contributed by atoms with Crippen molar-refractivity contribution < 1.29 is 27.6 Å². The molecule has 0 spiro atoms. The van der Waals surface area contributed by atoms with Gasteiger partial charge >= 0.3 is 5.97 Å². The minimum atomic E-state index is -4.26. The third-order valence-corrected chi connectivity index (χ3v) is 5.70. The molecular formula is C18H24ClNO5S. The van der Waals surface area contributed by atoms with Gasteiger partial charge in [0.1, 0.15) is 0 Å². The minimum absolute atomic E-state index is 0.263. The van der Waals surface area contributed by atoms with Crippen molar-refractivity contribution in [1.82, 2.24) is 4.90 Å². The quantitative estimate of drug-likeness (QED) is 0.534. The third-order valence-electron chi connectivity index (χ3n) is 5.06. The molecule has 0 amide bonds. The molecule has 8 heteroatoms. The van der Waals surface area contributed by atoms with Gasteiger partial charge in [0.05, 0.1) is 28.6 Å². The highest BCUT2D eigenvalue weighted by Gasteiger charge is 2.50.